The Morgan fingerprint density at radius 2 is 1.53 bits per heavy atom. The van der Waals surface area contributed by atoms with Gasteiger partial charge in [0.05, 0.1) is 0 Å². The van der Waals surface area contributed by atoms with Gasteiger partial charge in [0.15, 0.2) is 0 Å². The Balaban J connectivity index is 2.50. The Morgan fingerprint density at radius 1 is 0.882 bits per heavy atom. The summed E-state index contributed by atoms with van der Waals surface area (Å²) in [5.41, 5.74) is 2.09. The van der Waals surface area contributed by atoms with Gasteiger partial charge in [0, 0.05) is 41.7 Å². The van der Waals surface area contributed by atoms with Crippen molar-refractivity contribution in [2.75, 3.05) is 19.0 Å². The molecule has 0 N–H and O–H groups in total. The molecule has 2 aromatic carbocycles. The first-order chi connectivity index (χ1) is 8.11. The molecule has 0 aromatic heterocycles. The Bertz CT molecular complexity index is 651. The molecule has 3 heteroatoms. The normalized spacial score (nSPS) is 13.5. The number of Topliss-reactive ketones (excluding diaryl/α,β-unsaturated/α-hetero) is 2. The molecular weight excluding hydrogens is 214 g/mol. The Morgan fingerprint density at radius 3 is 2.18 bits per heavy atom. The molecule has 0 aliphatic heterocycles. The first-order valence-corrected chi connectivity index (χ1v) is 5.43. The molecule has 0 unspecified atom stereocenters. The Kier molecular flexibility index (Phi) is 1.87. The maximum Gasteiger partial charge on any atom is 0.234 e. The summed E-state index contributed by atoms with van der Waals surface area (Å²) in [5, 5.41) is 1.76. The lowest BCUT2D eigenvalue weighted by molar-refractivity contribution is 0.0825. The number of carbonyl (C=O) groups excluding carboxylic acids is 2. The summed E-state index contributed by atoms with van der Waals surface area (Å²) in [6.07, 6.45) is 0. The van der Waals surface area contributed by atoms with E-state index in [1.54, 1.807) is 12.1 Å². The predicted molar refractivity (Wildman–Crippen MR) is 66.9 cm³/mol. The van der Waals surface area contributed by atoms with Gasteiger partial charge < -0.3 is 4.90 Å². The molecule has 3 nitrogen and oxygen atoms in total. The van der Waals surface area contributed by atoms with E-state index >= 15 is 0 Å². The van der Waals surface area contributed by atoms with Gasteiger partial charge in [0.25, 0.3) is 0 Å². The number of anilines is 1. The number of benzene rings is 2. The fourth-order valence-electron chi connectivity index (χ4n) is 2.40. The second-order valence-electron chi connectivity index (χ2n) is 4.41. The highest BCUT2D eigenvalue weighted by Gasteiger charge is 2.31. The average molecular weight is 225 g/mol. The molecule has 0 heterocycles. The van der Waals surface area contributed by atoms with Crippen LogP contribution in [0.25, 0.3) is 10.8 Å². The molecule has 0 fully saturated rings. The maximum absolute atomic E-state index is 11.8. The molecule has 3 rings (SSSR count). The predicted octanol–water partition coefficient (Wildman–Crippen LogP) is 2.28. The summed E-state index contributed by atoms with van der Waals surface area (Å²) in [7, 11) is 3.89. The second kappa shape index (κ2) is 3.17. The number of carbonyl (C=O) groups is 2. The van der Waals surface area contributed by atoms with E-state index in [2.05, 4.69) is 0 Å². The number of ketones is 2. The number of nitrogens with zero attached hydrogens (tertiary/aromatic N) is 1. The zero-order valence-electron chi connectivity index (χ0n) is 9.65. The van der Waals surface area contributed by atoms with Crippen molar-refractivity contribution in [3.05, 3.63) is 41.5 Å². The van der Waals surface area contributed by atoms with Crippen molar-refractivity contribution >= 4 is 28.0 Å². The smallest absolute Gasteiger partial charge is 0.234 e. The summed E-state index contributed by atoms with van der Waals surface area (Å²) in [6.45, 7) is 0. The van der Waals surface area contributed by atoms with Crippen LogP contribution in [0.4, 0.5) is 5.69 Å². The number of hydrogen-bond acceptors (Lipinski definition) is 3. The summed E-state index contributed by atoms with van der Waals surface area (Å²) >= 11 is 0. The van der Waals surface area contributed by atoms with Gasteiger partial charge in [0.1, 0.15) is 0 Å². The summed E-state index contributed by atoms with van der Waals surface area (Å²) in [5.74, 6) is -0.775. The maximum atomic E-state index is 11.8. The van der Waals surface area contributed by atoms with Gasteiger partial charge in [-0.15, -0.1) is 0 Å². The van der Waals surface area contributed by atoms with Gasteiger partial charge in [0.2, 0.25) is 11.6 Å². The molecule has 0 saturated carbocycles. The van der Waals surface area contributed by atoms with Gasteiger partial charge in [-0.25, -0.2) is 0 Å². The van der Waals surface area contributed by atoms with E-state index in [-0.39, 0.29) is 11.6 Å². The largest absolute Gasteiger partial charge is 0.377 e. The first-order valence-electron chi connectivity index (χ1n) is 5.43. The van der Waals surface area contributed by atoms with Crippen LogP contribution in [-0.2, 0) is 0 Å². The van der Waals surface area contributed by atoms with Crippen molar-refractivity contribution in [2.24, 2.45) is 0 Å². The monoisotopic (exact) mass is 225 g/mol. The molecule has 0 radical (unpaired) electrons. The first kappa shape index (κ1) is 10.0. The van der Waals surface area contributed by atoms with E-state index in [0.717, 1.165) is 16.5 Å². The zero-order valence-corrected chi connectivity index (χ0v) is 9.65. The van der Waals surface area contributed by atoms with Crippen molar-refractivity contribution in [3.8, 4) is 0 Å². The topological polar surface area (TPSA) is 37.4 Å². The minimum atomic E-state index is -0.387. The van der Waals surface area contributed by atoms with Crippen LogP contribution in [0.2, 0.25) is 0 Å². The minimum absolute atomic E-state index is 0.387. The van der Waals surface area contributed by atoms with Crippen LogP contribution in [0.5, 0.6) is 0 Å². The molecule has 0 atom stereocenters. The van der Waals surface area contributed by atoms with Crippen LogP contribution >= 0.6 is 0 Å². The lowest BCUT2D eigenvalue weighted by Crippen LogP contribution is -2.09. The molecule has 84 valence electrons. The van der Waals surface area contributed by atoms with Crippen LogP contribution in [0.1, 0.15) is 20.7 Å². The molecule has 0 spiro atoms. The SMILES string of the molecule is CN(C)c1ccc2c3c(cccc13)C(=O)C2=O. The minimum Gasteiger partial charge on any atom is -0.377 e. The fourth-order valence-corrected chi connectivity index (χ4v) is 2.40. The zero-order chi connectivity index (χ0) is 12.2. The summed E-state index contributed by atoms with van der Waals surface area (Å²) in [4.78, 5) is 25.6. The quantitative estimate of drug-likeness (QED) is 0.699. The highest BCUT2D eigenvalue weighted by atomic mass is 16.2. The van der Waals surface area contributed by atoms with Crippen molar-refractivity contribution in [3.63, 3.8) is 0 Å². The number of hydrogen-bond donors (Lipinski definition) is 0. The molecule has 1 aliphatic carbocycles. The lowest BCUT2D eigenvalue weighted by Gasteiger charge is -2.15. The van der Waals surface area contributed by atoms with Crippen LogP contribution < -0.4 is 4.90 Å². The highest BCUT2D eigenvalue weighted by molar-refractivity contribution is 6.57. The van der Waals surface area contributed by atoms with Crippen LogP contribution in [-0.4, -0.2) is 25.7 Å². The van der Waals surface area contributed by atoms with E-state index in [0.29, 0.717) is 11.1 Å². The van der Waals surface area contributed by atoms with E-state index < -0.39 is 0 Å². The van der Waals surface area contributed by atoms with Gasteiger partial charge in [-0.3, -0.25) is 9.59 Å². The highest BCUT2D eigenvalue weighted by Crippen LogP contribution is 2.35. The van der Waals surface area contributed by atoms with Crippen LogP contribution in [0.3, 0.4) is 0 Å². The third kappa shape index (κ3) is 1.16. The molecule has 0 bridgehead atoms. The molecule has 0 amide bonds. The molecule has 1 aliphatic rings. The fraction of sp³-hybridized carbons (Fsp3) is 0.143. The van der Waals surface area contributed by atoms with Crippen LogP contribution in [0.15, 0.2) is 30.3 Å². The van der Waals surface area contributed by atoms with E-state index in [9.17, 15) is 9.59 Å². The van der Waals surface area contributed by atoms with E-state index in [1.165, 1.54) is 0 Å². The molecular formula is C14H11NO2. The van der Waals surface area contributed by atoms with Gasteiger partial charge in [-0.2, -0.15) is 0 Å². The van der Waals surface area contributed by atoms with E-state index in [4.69, 9.17) is 0 Å². The van der Waals surface area contributed by atoms with Crippen molar-refractivity contribution < 1.29 is 9.59 Å². The molecule has 17 heavy (non-hydrogen) atoms. The van der Waals surface area contributed by atoms with Gasteiger partial charge in [-0.1, -0.05) is 18.2 Å². The second-order valence-corrected chi connectivity index (χ2v) is 4.41. The van der Waals surface area contributed by atoms with Crippen LogP contribution in [0, 0.1) is 0 Å². The lowest BCUT2D eigenvalue weighted by atomic mass is 10.0. The van der Waals surface area contributed by atoms with Crippen molar-refractivity contribution in [1.82, 2.24) is 0 Å². The van der Waals surface area contributed by atoms with Gasteiger partial charge in [-0.05, 0) is 12.1 Å². The third-order valence-corrected chi connectivity index (χ3v) is 3.19. The number of rotatable bonds is 1. The van der Waals surface area contributed by atoms with Crippen molar-refractivity contribution in [2.45, 2.75) is 0 Å². The van der Waals surface area contributed by atoms with Gasteiger partial charge >= 0.3 is 0 Å². The molecule has 2 aromatic rings. The Labute approximate surface area is 98.6 Å². The third-order valence-electron chi connectivity index (χ3n) is 3.19. The standard InChI is InChI=1S/C14H11NO2/c1-15(2)11-7-6-10-12-8(11)4-3-5-9(12)13(16)14(10)17/h3-7H,1-2H3. The summed E-state index contributed by atoms with van der Waals surface area (Å²) in [6, 6.07) is 9.12. The van der Waals surface area contributed by atoms with Crippen molar-refractivity contribution in [1.29, 1.82) is 0 Å². The molecule has 0 saturated heterocycles. The summed E-state index contributed by atoms with van der Waals surface area (Å²) < 4.78 is 0. The Hall–Kier alpha value is -2.16. The average Bonchev–Trinajstić information content (AvgIpc) is 2.57. The van der Waals surface area contributed by atoms with E-state index in [1.807, 2.05) is 37.2 Å².